The van der Waals surface area contributed by atoms with Gasteiger partial charge in [0.2, 0.25) is 0 Å². The molecule has 3 N–H and O–H groups in total. The largest absolute Gasteiger partial charge is 0.391 e. The number of fused-ring (bicyclic) bond motifs is 2. The summed E-state index contributed by atoms with van der Waals surface area (Å²) in [5, 5.41) is 21.4. The van der Waals surface area contributed by atoms with Crippen molar-refractivity contribution < 1.29 is 19.0 Å². The van der Waals surface area contributed by atoms with Gasteiger partial charge in [-0.05, 0) is 37.8 Å². The number of hydrogen-bond acceptors (Lipinski definition) is 7. The first-order valence-corrected chi connectivity index (χ1v) is 12.3. The predicted octanol–water partition coefficient (Wildman–Crippen LogP) is 2.73. The Morgan fingerprint density at radius 3 is 2.94 bits per heavy atom. The lowest BCUT2D eigenvalue weighted by Crippen LogP contribution is -2.39. The van der Waals surface area contributed by atoms with Crippen LogP contribution < -0.4 is 10.6 Å². The Bertz CT molecular complexity index is 1430. The van der Waals surface area contributed by atoms with Crippen molar-refractivity contribution in [2.45, 2.75) is 50.0 Å². The number of aromatic nitrogens is 5. The molecule has 1 unspecified atom stereocenters. The second-order valence-corrected chi connectivity index (χ2v) is 9.42. The molecule has 0 aromatic carbocycles. The lowest BCUT2D eigenvalue weighted by atomic mass is 10.1. The molecule has 0 radical (unpaired) electrons. The van der Waals surface area contributed by atoms with Crippen LogP contribution in [0, 0.1) is 0 Å². The van der Waals surface area contributed by atoms with Gasteiger partial charge in [0.15, 0.2) is 5.65 Å². The number of halogens is 1. The van der Waals surface area contributed by atoms with E-state index in [1.54, 1.807) is 17.8 Å². The highest BCUT2D eigenvalue weighted by Crippen LogP contribution is 2.35. The van der Waals surface area contributed by atoms with Crippen LogP contribution in [0.3, 0.4) is 0 Å². The summed E-state index contributed by atoms with van der Waals surface area (Å²) < 4.78 is 23.6. The number of anilines is 1. The summed E-state index contributed by atoms with van der Waals surface area (Å²) in [7, 11) is 1.77. The van der Waals surface area contributed by atoms with Crippen LogP contribution in [0.1, 0.15) is 42.1 Å². The molecule has 4 aromatic heterocycles. The normalized spacial score (nSPS) is 24.4. The topological polar surface area (TPSA) is 119 Å². The predicted molar refractivity (Wildman–Crippen MR) is 132 cm³/mol. The number of nitrogens with one attached hydrogen (secondary N) is 2. The quantitative estimate of drug-likeness (QED) is 0.391. The maximum Gasteiger partial charge on any atom is 0.257 e. The minimum absolute atomic E-state index is 0.0601. The third kappa shape index (κ3) is 3.79. The van der Waals surface area contributed by atoms with Crippen LogP contribution in [0.4, 0.5) is 10.2 Å². The Hall–Kier alpha value is -3.57. The molecule has 1 saturated heterocycles. The summed E-state index contributed by atoms with van der Waals surface area (Å²) in [4.78, 5) is 22.5. The Morgan fingerprint density at radius 2 is 2.17 bits per heavy atom. The maximum atomic E-state index is 14.8. The number of aliphatic hydroxyl groups is 1. The number of nitrogens with zero attached hydrogens (tertiary/aromatic N) is 5. The van der Waals surface area contributed by atoms with Gasteiger partial charge in [0.05, 0.1) is 36.7 Å². The third-order valence-corrected chi connectivity index (χ3v) is 7.24. The van der Waals surface area contributed by atoms with Crippen molar-refractivity contribution in [2.24, 2.45) is 0 Å². The van der Waals surface area contributed by atoms with Gasteiger partial charge in [-0.15, -0.1) is 0 Å². The monoisotopic (exact) mass is 493 g/mol. The summed E-state index contributed by atoms with van der Waals surface area (Å²) >= 11 is 0. The molecule has 5 heterocycles. The number of pyridine rings is 1. The van der Waals surface area contributed by atoms with E-state index in [1.165, 1.54) is 6.20 Å². The molecule has 6 rings (SSSR count). The van der Waals surface area contributed by atoms with Crippen molar-refractivity contribution in [1.29, 1.82) is 0 Å². The van der Waals surface area contributed by atoms with Crippen LogP contribution in [-0.4, -0.2) is 73.7 Å². The van der Waals surface area contributed by atoms with E-state index in [4.69, 9.17) is 9.72 Å². The van der Waals surface area contributed by atoms with Gasteiger partial charge in [0.25, 0.3) is 5.91 Å². The summed E-state index contributed by atoms with van der Waals surface area (Å²) in [5.41, 5.74) is 2.79. The highest BCUT2D eigenvalue weighted by atomic mass is 19.1. The van der Waals surface area contributed by atoms with Gasteiger partial charge in [0, 0.05) is 43.1 Å². The van der Waals surface area contributed by atoms with Crippen LogP contribution >= 0.6 is 0 Å². The molecule has 10 nitrogen and oxygen atoms in total. The smallest absolute Gasteiger partial charge is 0.257 e. The van der Waals surface area contributed by atoms with Crippen molar-refractivity contribution in [3.05, 3.63) is 42.4 Å². The summed E-state index contributed by atoms with van der Waals surface area (Å²) in [5.74, 6) is 0.323. The van der Waals surface area contributed by atoms with E-state index in [0.29, 0.717) is 47.8 Å². The molecule has 0 bridgehead atoms. The second kappa shape index (κ2) is 9.14. The minimum Gasteiger partial charge on any atom is -0.391 e. The van der Waals surface area contributed by atoms with Crippen molar-refractivity contribution >= 4 is 28.4 Å². The van der Waals surface area contributed by atoms with E-state index < -0.39 is 12.3 Å². The van der Waals surface area contributed by atoms with Crippen molar-refractivity contribution in [3.63, 3.8) is 0 Å². The number of ether oxygens (including phenoxy) is 1. The van der Waals surface area contributed by atoms with Crippen LogP contribution in [-0.2, 0) is 4.74 Å². The molecule has 0 spiro atoms. The fourth-order valence-electron chi connectivity index (χ4n) is 5.34. The molecule has 1 aliphatic carbocycles. The molecular weight excluding hydrogens is 465 g/mol. The van der Waals surface area contributed by atoms with Crippen molar-refractivity contribution in [3.8, 4) is 11.3 Å². The lowest BCUT2D eigenvalue weighted by molar-refractivity contribution is 0.00443. The molecular formula is C25H28FN7O3. The molecule has 11 heteroatoms. The number of hydrogen-bond donors (Lipinski definition) is 3. The molecule has 188 valence electrons. The van der Waals surface area contributed by atoms with Gasteiger partial charge in [-0.3, -0.25) is 4.79 Å². The van der Waals surface area contributed by atoms with Crippen LogP contribution in [0.5, 0.6) is 0 Å². The van der Waals surface area contributed by atoms with Gasteiger partial charge in [0.1, 0.15) is 23.2 Å². The molecule has 1 aliphatic heterocycles. The SMILES string of the molecule is CNc1cc(-c2cn([C@@H]3CCOC[C@H]3F)c3ncccc23)nc2c(C(=O)NC3CCC[C@H]3O)cnn12. The number of carbonyl (C=O) groups excluding carboxylic acids is 1. The fourth-order valence-corrected chi connectivity index (χ4v) is 5.34. The number of aliphatic hydroxyl groups excluding tert-OH is 1. The standard InChI is InChI=1S/C25H28FN7O3/c1-27-22-10-19(30-24-15(11-29-33(22)24)25(35)31-18-5-2-6-21(18)34)16-12-32(20-7-9-36-13-17(20)26)23-14(16)4-3-8-28-23/h3-4,8,10-12,17-18,20-21,27,34H,2,5-7,9,13H2,1H3,(H,31,35)/t17-,18?,20-,21-/m1/s1. The molecule has 4 aromatic rings. The van der Waals surface area contributed by atoms with E-state index in [1.807, 2.05) is 29.0 Å². The number of carbonyl (C=O) groups is 1. The number of amides is 1. The summed E-state index contributed by atoms with van der Waals surface area (Å²) in [6.45, 7) is 0.551. The Balaban J connectivity index is 1.46. The number of alkyl halides is 1. The number of rotatable bonds is 5. The van der Waals surface area contributed by atoms with Gasteiger partial charge < -0.3 is 25.0 Å². The van der Waals surface area contributed by atoms with E-state index in [-0.39, 0.29) is 24.6 Å². The van der Waals surface area contributed by atoms with Crippen molar-refractivity contribution in [1.82, 2.24) is 29.5 Å². The minimum atomic E-state index is -1.14. The van der Waals surface area contributed by atoms with Gasteiger partial charge in [-0.2, -0.15) is 9.61 Å². The Labute approximate surface area is 206 Å². The molecule has 1 amide bonds. The second-order valence-electron chi connectivity index (χ2n) is 9.42. The average molecular weight is 494 g/mol. The zero-order valence-corrected chi connectivity index (χ0v) is 19.9. The summed E-state index contributed by atoms with van der Waals surface area (Å²) in [6, 6.07) is 4.97. The summed E-state index contributed by atoms with van der Waals surface area (Å²) in [6.07, 6.45) is 6.24. The van der Waals surface area contributed by atoms with E-state index >= 15 is 0 Å². The molecule has 36 heavy (non-hydrogen) atoms. The molecule has 2 fully saturated rings. The highest BCUT2D eigenvalue weighted by molar-refractivity contribution is 6.01. The Morgan fingerprint density at radius 1 is 1.28 bits per heavy atom. The first-order chi connectivity index (χ1) is 17.5. The zero-order chi connectivity index (χ0) is 24.8. The van der Waals surface area contributed by atoms with E-state index in [0.717, 1.165) is 23.8 Å². The van der Waals surface area contributed by atoms with Crippen LogP contribution in [0.15, 0.2) is 36.8 Å². The fraction of sp³-hybridized carbons (Fsp3) is 0.440. The van der Waals surface area contributed by atoms with E-state index in [2.05, 4.69) is 20.7 Å². The van der Waals surface area contributed by atoms with Gasteiger partial charge >= 0.3 is 0 Å². The highest BCUT2D eigenvalue weighted by Gasteiger charge is 2.31. The van der Waals surface area contributed by atoms with Crippen LogP contribution in [0.2, 0.25) is 0 Å². The lowest BCUT2D eigenvalue weighted by Gasteiger charge is -2.27. The van der Waals surface area contributed by atoms with Gasteiger partial charge in [-0.25, -0.2) is 14.4 Å². The molecule has 4 atom stereocenters. The average Bonchev–Trinajstić information content (AvgIpc) is 3.61. The first-order valence-electron chi connectivity index (χ1n) is 12.3. The first kappa shape index (κ1) is 22.9. The van der Waals surface area contributed by atoms with Gasteiger partial charge in [-0.1, -0.05) is 0 Å². The molecule has 2 aliphatic rings. The maximum absolute atomic E-state index is 14.8. The molecule has 1 saturated carbocycles. The Kier molecular flexibility index (Phi) is 5.81. The van der Waals surface area contributed by atoms with E-state index in [9.17, 15) is 14.3 Å². The zero-order valence-electron chi connectivity index (χ0n) is 19.9. The van der Waals surface area contributed by atoms with Crippen LogP contribution in [0.25, 0.3) is 27.9 Å². The third-order valence-electron chi connectivity index (χ3n) is 7.24. The van der Waals surface area contributed by atoms with Crippen molar-refractivity contribution in [2.75, 3.05) is 25.6 Å².